The van der Waals surface area contributed by atoms with Crippen LogP contribution in [0.15, 0.2) is 108 Å². The molecule has 0 aliphatic carbocycles. The van der Waals surface area contributed by atoms with E-state index in [1.807, 2.05) is 0 Å². The van der Waals surface area contributed by atoms with Crippen LogP contribution in [0.5, 0.6) is 0 Å². The maximum absolute atomic E-state index is 3.74. The van der Waals surface area contributed by atoms with Gasteiger partial charge in [-0.25, -0.2) is 0 Å². The van der Waals surface area contributed by atoms with Crippen LogP contribution in [-0.2, 0) is 0 Å². The van der Waals surface area contributed by atoms with Gasteiger partial charge in [-0.3, -0.25) is 0 Å². The summed E-state index contributed by atoms with van der Waals surface area (Å²) in [6.45, 7) is 0. The second kappa shape index (κ2) is 8.51. The van der Waals surface area contributed by atoms with E-state index >= 15 is 0 Å². The van der Waals surface area contributed by atoms with Crippen molar-refractivity contribution in [3.05, 3.63) is 153 Å². The molecule has 36 heavy (non-hydrogen) atoms. The molecule has 4 N–H and O–H groups in total. The zero-order valence-corrected chi connectivity index (χ0v) is 19.8. The SMILES string of the molecule is C1=C2CCC(=C(c3ccccc3)c3ccc([nH]3)C=c3ccc([nH]3)=C(c3ccccc3)c3ccc1[nH]3)N2. The summed E-state index contributed by atoms with van der Waals surface area (Å²) >= 11 is 0. The van der Waals surface area contributed by atoms with Crippen LogP contribution in [-0.4, -0.2) is 15.0 Å². The molecule has 2 aliphatic rings. The minimum Gasteiger partial charge on any atom is -0.362 e. The summed E-state index contributed by atoms with van der Waals surface area (Å²) in [6, 6.07) is 34.2. The first-order chi connectivity index (χ1) is 17.8. The molecule has 1 fully saturated rings. The Kier molecular flexibility index (Phi) is 4.88. The molecule has 0 unspecified atom stereocenters. The predicted molar refractivity (Wildman–Crippen MR) is 146 cm³/mol. The number of aromatic amines is 3. The summed E-state index contributed by atoms with van der Waals surface area (Å²) in [5.41, 5.74) is 11.6. The highest BCUT2D eigenvalue weighted by Gasteiger charge is 2.20. The second-order valence-electron chi connectivity index (χ2n) is 9.38. The number of aromatic nitrogens is 3. The number of rotatable bonds is 2. The third-order valence-corrected chi connectivity index (χ3v) is 6.96. The van der Waals surface area contributed by atoms with E-state index in [2.05, 4.69) is 129 Å². The van der Waals surface area contributed by atoms with E-state index in [0.29, 0.717) is 0 Å². The van der Waals surface area contributed by atoms with Gasteiger partial charge in [0.25, 0.3) is 0 Å². The Morgan fingerprint density at radius 2 is 1.14 bits per heavy atom. The van der Waals surface area contributed by atoms with Gasteiger partial charge in [0.05, 0.1) is 0 Å². The molecule has 4 nitrogen and oxygen atoms in total. The van der Waals surface area contributed by atoms with Gasteiger partial charge in [0.15, 0.2) is 0 Å². The van der Waals surface area contributed by atoms with Crippen molar-refractivity contribution in [3.63, 3.8) is 0 Å². The molecule has 0 radical (unpaired) electrons. The highest BCUT2D eigenvalue weighted by molar-refractivity contribution is 5.82. The third-order valence-electron chi connectivity index (χ3n) is 6.96. The van der Waals surface area contributed by atoms with Crippen molar-refractivity contribution >= 4 is 23.3 Å². The van der Waals surface area contributed by atoms with Crippen molar-refractivity contribution in [3.8, 4) is 0 Å². The number of fused-ring (bicyclic) bond motifs is 8. The highest BCUT2D eigenvalue weighted by atomic mass is 14.9. The monoisotopic (exact) mass is 466 g/mol. The van der Waals surface area contributed by atoms with E-state index in [4.69, 9.17) is 0 Å². The summed E-state index contributed by atoms with van der Waals surface area (Å²) in [7, 11) is 0. The largest absolute Gasteiger partial charge is 0.362 e. The maximum atomic E-state index is 3.74. The van der Waals surface area contributed by atoms with Gasteiger partial charge < -0.3 is 20.3 Å². The maximum Gasteiger partial charge on any atom is 0.0485 e. The predicted octanol–water partition coefficient (Wildman–Crippen LogP) is 5.24. The average molecular weight is 467 g/mol. The third kappa shape index (κ3) is 3.73. The summed E-state index contributed by atoms with van der Waals surface area (Å²) in [6.07, 6.45) is 6.36. The number of benzene rings is 2. The number of H-pyrrole nitrogens is 3. The van der Waals surface area contributed by atoms with Crippen LogP contribution in [0.2, 0.25) is 0 Å². The van der Waals surface area contributed by atoms with Crippen LogP contribution in [0.3, 0.4) is 0 Å². The van der Waals surface area contributed by atoms with Crippen molar-refractivity contribution in [2.45, 2.75) is 12.8 Å². The van der Waals surface area contributed by atoms with Gasteiger partial charge >= 0.3 is 0 Å². The Bertz CT molecular complexity index is 1740. The zero-order valence-electron chi connectivity index (χ0n) is 19.8. The Morgan fingerprint density at radius 1 is 0.500 bits per heavy atom. The molecule has 0 atom stereocenters. The van der Waals surface area contributed by atoms with Crippen molar-refractivity contribution in [1.82, 2.24) is 20.3 Å². The summed E-state index contributed by atoms with van der Waals surface area (Å²) in [4.78, 5) is 11.0. The Hall–Kier alpha value is -4.70. The van der Waals surface area contributed by atoms with Gasteiger partial charge in [-0.15, -0.1) is 0 Å². The topological polar surface area (TPSA) is 59.4 Å². The van der Waals surface area contributed by atoms with Crippen molar-refractivity contribution in [2.75, 3.05) is 0 Å². The molecule has 4 heteroatoms. The van der Waals surface area contributed by atoms with Crippen molar-refractivity contribution in [1.29, 1.82) is 0 Å². The van der Waals surface area contributed by atoms with Crippen LogP contribution in [0.1, 0.15) is 46.7 Å². The molecule has 8 bridgehead atoms. The molecule has 0 saturated carbocycles. The first-order valence-electron chi connectivity index (χ1n) is 12.4. The molecule has 0 amide bonds. The lowest BCUT2D eigenvalue weighted by atomic mass is 10.00. The molecular weight excluding hydrogens is 440 g/mol. The van der Waals surface area contributed by atoms with Crippen LogP contribution in [0.4, 0.5) is 0 Å². The Balaban J connectivity index is 1.48. The fourth-order valence-electron chi connectivity index (χ4n) is 5.31. The van der Waals surface area contributed by atoms with Crippen LogP contribution in [0, 0.1) is 0 Å². The summed E-state index contributed by atoms with van der Waals surface area (Å²) in [5, 5.41) is 5.88. The number of nitrogens with one attached hydrogen (secondary N) is 4. The lowest BCUT2D eigenvalue weighted by molar-refractivity contribution is 1.05. The first kappa shape index (κ1) is 20.7. The van der Waals surface area contributed by atoms with Gasteiger partial charge in [0, 0.05) is 56.0 Å². The normalized spacial score (nSPS) is 14.9. The van der Waals surface area contributed by atoms with E-state index in [1.165, 1.54) is 28.1 Å². The molecule has 5 aromatic rings. The minimum atomic E-state index is 0.975. The summed E-state index contributed by atoms with van der Waals surface area (Å²) < 4.78 is 0. The zero-order chi connectivity index (χ0) is 23.9. The molecule has 3 aromatic heterocycles. The van der Waals surface area contributed by atoms with Crippen LogP contribution >= 0.6 is 0 Å². The Labute approximate surface area is 209 Å². The number of allylic oxidation sites excluding steroid dienone is 2. The van der Waals surface area contributed by atoms with Crippen LogP contribution in [0.25, 0.3) is 23.3 Å². The van der Waals surface area contributed by atoms with E-state index in [0.717, 1.165) is 51.9 Å². The lowest BCUT2D eigenvalue weighted by Crippen LogP contribution is -2.14. The molecular formula is C32H26N4. The standard InChI is InChI=1S/C32H26N4/c1-3-7-21(8-4-1)31-27-15-11-23(33-27)19-25-13-17-29(35-25)32(22-9-5-2-6-10-22)30-18-14-26(36-30)20-24-12-16-28(31)34-24/h1-13,15-17,19-20,33-36H,14,18H2. The second-order valence-corrected chi connectivity index (χ2v) is 9.38. The minimum absolute atomic E-state index is 0.975. The van der Waals surface area contributed by atoms with Gasteiger partial charge in [-0.2, -0.15) is 0 Å². The van der Waals surface area contributed by atoms with Crippen molar-refractivity contribution < 1.29 is 0 Å². The van der Waals surface area contributed by atoms with Gasteiger partial charge in [0.1, 0.15) is 0 Å². The van der Waals surface area contributed by atoms with E-state index in [1.54, 1.807) is 0 Å². The quantitative estimate of drug-likeness (QED) is 0.282. The molecule has 5 heterocycles. The molecule has 7 rings (SSSR count). The molecule has 0 spiro atoms. The molecule has 1 saturated heterocycles. The van der Waals surface area contributed by atoms with E-state index < -0.39 is 0 Å². The first-order valence-corrected chi connectivity index (χ1v) is 12.4. The summed E-state index contributed by atoms with van der Waals surface area (Å²) in [5.74, 6) is 0. The highest BCUT2D eigenvalue weighted by Crippen LogP contribution is 2.33. The van der Waals surface area contributed by atoms with Crippen LogP contribution < -0.4 is 16.0 Å². The Morgan fingerprint density at radius 3 is 1.86 bits per heavy atom. The average Bonchev–Trinajstić information content (AvgIpc) is 3.72. The smallest absolute Gasteiger partial charge is 0.0485 e. The van der Waals surface area contributed by atoms with Gasteiger partial charge in [-0.05, 0) is 72.5 Å². The van der Waals surface area contributed by atoms with E-state index in [9.17, 15) is 0 Å². The molecule has 174 valence electrons. The fourth-order valence-corrected chi connectivity index (χ4v) is 5.31. The number of hydrogen-bond donors (Lipinski definition) is 4. The molecule has 2 aromatic carbocycles. The van der Waals surface area contributed by atoms with Gasteiger partial charge in [0.2, 0.25) is 0 Å². The molecule has 2 aliphatic heterocycles. The van der Waals surface area contributed by atoms with Crippen molar-refractivity contribution in [2.24, 2.45) is 0 Å². The lowest BCUT2D eigenvalue weighted by Gasteiger charge is -2.12. The van der Waals surface area contributed by atoms with Gasteiger partial charge in [-0.1, -0.05) is 60.7 Å². The number of hydrogen-bond acceptors (Lipinski definition) is 1. The van der Waals surface area contributed by atoms with E-state index in [-0.39, 0.29) is 0 Å². The fraction of sp³-hybridized carbons (Fsp3) is 0.0625.